The fraction of sp³-hybridized carbons (Fsp3) is 0.750. The van der Waals surface area contributed by atoms with Gasteiger partial charge in [0.25, 0.3) is 5.71 Å². The fourth-order valence-electron chi connectivity index (χ4n) is 4.80. The fourth-order valence-corrected chi connectivity index (χ4v) is 4.80. The van der Waals surface area contributed by atoms with E-state index >= 15 is 0 Å². The number of hydrogen-bond donors (Lipinski definition) is 1. The molecule has 0 saturated carbocycles. The zero-order chi connectivity index (χ0) is 23.0. The van der Waals surface area contributed by atoms with Crippen molar-refractivity contribution in [3.8, 4) is 0 Å². The molecule has 0 atom stereocenters. The van der Waals surface area contributed by atoms with Crippen LogP contribution in [0, 0.1) is 0 Å². The van der Waals surface area contributed by atoms with Crippen molar-refractivity contribution in [1.29, 1.82) is 0 Å². The quantitative estimate of drug-likeness (QED) is 0.543. The van der Waals surface area contributed by atoms with E-state index in [4.69, 9.17) is 9.51 Å². The van der Waals surface area contributed by atoms with Gasteiger partial charge in [0.15, 0.2) is 0 Å². The number of likely N-dealkylation sites (N-methyl/N-ethyl adjacent to an activating group) is 1. The Labute approximate surface area is 196 Å². The first-order valence-corrected chi connectivity index (χ1v) is 12.8. The number of nitrogens with one attached hydrogen (secondary N) is 1. The van der Waals surface area contributed by atoms with Crippen LogP contribution in [0.25, 0.3) is 11.1 Å². The summed E-state index contributed by atoms with van der Waals surface area (Å²) in [5.74, 6) is 1.64. The van der Waals surface area contributed by atoms with E-state index in [1.165, 1.54) is 19.3 Å². The molecule has 1 amide bonds. The van der Waals surface area contributed by atoms with E-state index in [1.807, 2.05) is 0 Å². The van der Waals surface area contributed by atoms with Gasteiger partial charge in [0, 0.05) is 58.7 Å². The van der Waals surface area contributed by atoms with E-state index in [9.17, 15) is 4.79 Å². The Balaban J connectivity index is 1.27. The minimum Gasteiger partial charge on any atom is -0.356 e. The van der Waals surface area contributed by atoms with Gasteiger partial charge in [-0.05, 0) is 45.2 Å². The molecule has 2 aliphatic heterocycles. The molecule has 2 saturated heterocycles. The molecule has 182 valence electrons. The predicted octanol–water partition coefficient (Wildman–Crippen LogP) is 2.25. The Morgan fingerprint density at radius 3 is 2.48 bits per heavy atom. The molecule has 0 bridgehead atoms. The SMILES string of the molecule is CCc1noc2nc(CCC(=O)NCCCN3CCN(CC)CC3)nc(N3CCCCC3)c12. The molecule has 0 spiro atoms. The van der Waals surface area contributed by atoms with E-state index in [2.05, 4.69) is 44.0 Å². The molecule has 9 nitrogen and oxygen atoms in total. The van der Waals surface area contributed by atoms with Crippen LogP contribution in [0.1, 0.15) is 57.5 Å². The van der Waals surface area contributed by atoms with Gasteiger partial charge in [-0.25, -0.2) is 4.98 Å². The summed E-state index contributed by atoms with van der Waals surface area (Å²) in [6.45, 7) is 13.7. The van der Waals surface area contributed by atoms with Crippen LogP contribution < -0.4 is 10.2 Å². The number of nitrogens with zero attached hydrogens (tertiary/aromatic N) is 6. The maximum atomic E-state index is 12.4. The van der Waals surface area contributed by atoms with Crippen molar-refractivity contribution in [3.05, 3.63) is 11.5 Å². The van der Waals surface area contributed by atoms with Gasteiger partial charge in [0.1, 0.15) is 17.0 Å². The Bertz CT molecular complexity index is 902. The third-order valence-corrected chi connectivity index (χ3v) is 6.89. The normalized spacial score (nSPS) is 18.2. The number of carbonyl (C=O) groups excluding carboxylic acids is 1. The zero-order valence-corrected chi connectivity index (χ0v) is 20.3. The zero-order valence-electron chi connectivity index (χ0n) is 20.3. The highest BCUT2D eigenvalue weighted by molar-refractivity contribution is 5.88. The lowest BCUT2D eigenvalue weighted by molar-refractivity contribution is -0.121. The van der Waals surface area contributed by atoms with Crippen LogP contribution >= 0.6 is 0 Å². The van der Waals surface area contributed by atoms with Gasteiger partial charge in [-0.15, -0.1) is 0 Å². The van der Waals surface area contributed by atoms with Crippen molar-refractivity contribution in [2.75, 3.05) is 63.8 Å². The Morgan fingerprint density at radius 2 is 1.76 bits per heavy atom. The largest absolute Gasteiger partial charge is 0.356 e. The lowest BCUT2D eigenvalue weighted by atomic mass is 10.1. The van der Waals surface area contributed by atoms with Crippen LogP contribution in [0.5, 0.6) is 0 Å². The average molecular weight is 458 g/mol. The minimum atomic E-state index is 0.0563. The lowest BCUT2D eigenvalue weighted by Crippen LogP contribution is -2.46. The molecule has 33 heavy (non-hydrogen) atoms. The molecule has 2 fully saturated rings. The monoisotopic (exact) mass is 457 g/mol. The van der Waals surface area contributed by atoms with E-state index in [-0.39, 0.29) is 5.91 Å². The number of aromatic nitrogens is 3. The van der Waals surface area contributed by atoms with E-state index < -0.39 is 0 Å². The van der Waals surface area contributed by atoms with Gasteiger partial charge in [0.05, 0.1) is 5.69 Å². The highest BCUT2D eigenvalue weighted by Gasteiger charge is 2.22. The smallest absolute Gasteiger partial charge is 0.263 e. The van der Waals surface area contributed by atoms with Crippen LogP contribution in [0.4, 0.5) is 5.82 Å². The Hall–Kier alpha value is -2.26. The number of amides is 1. The Morgan fingerprint density at radius 1 is 1.00 bits per heavy atom. The number of rotatable bonds is 10. The molecule has 0 radical (unpaired) electrons. The molecular formula is C24H39N7O2. The van der Waals surface area contributed by atoms with Crippen molar-refractivity contribution in [3.63, 3.8) is 0 Å². The van der Waals surface area contributed by atoms with Crippen LogP contribution in [-0.4, -0.2) is 89.7 Å². The maximum absolute atomic E-state index is 12.4. The van der Waals surface area contributed by atoms with Crippen molar-refractivity contribution in [2.45, 2.75) is 58.8 Å². The molecule has 2 aromatic rings. The van der Waals surface area contributed by atoms with Crippen LogP contribution in [0.15, 0.2) is 4.52 Å². The molecule has 0 aliphatic carbocycles. The predicted molar refractivity (Wildman–Crippen MR) is 130 cm³/mol. The van der Waals surface area contributed by atoms with Crippen LogP contribution in [-0.2, 0) is 17.6 Å². The molecule has 0 aromatic carbocycles. The third-order valence-electron chi connectivity index (χ3n) is 6.89. The summed E-state index contributed by atoms with van der Waals surface area (Å²) in [6, 6.07) is 0. The molecule has 9 heteroatoms. The van der Waals surface area contributed by atoms with Crippen molar-refractivity contribution >= 4 is 22.8 Å². The van der Waals surface area contributed by atoms with E-state index in [0.717, 1.165) is 82.1 Å². The summed E-state index contributed by atoms with van der Waals surface area (Å²) in [7, 11) is 0. The second-order valence-corrected chi connectivity index (χ2v) is 9.15. The van der Waals surface area contributed by atoms with Gasteiger partial charge < -0.3 is 24.5 Å². The summed E-state index contributed by atoms with van der Waals surface area (Å²) in [4.78, 5) is 29.2. The summed E-state index contributed by atoms with van der Waals surface area (Å²) < 4.78 is 5.53. The van der Waals surface area contributed by atoms with E-state index in [0.29, 0.717) is 30.9 Å². The maximum Gasteiger partial charge on any atom is 0.263 e. The van der Waals surface area contributed by atoms with Gasteiger partial charge in [-0.1, -0.05) is 19.0 Å². The summed E-state index contributed by atoms with van der Waals surface area (Å²) in [5.41, 5.74) is 1.45. The topological polar surface area (TPSA) is 90.6 Å². The average Bonchev–Trinajstić information content (AvgIpc) is 3.29. The van der Waals surface area contributed by atoms with E-state index in [1.54, 1.807) is 0 Å². The summed E-state index contributed by atoms with van der Waals surface area (Å²) in [5, 5.41) is 8.21. The number of piperidine rings is 1. The number of aryl methyl sites for hydroxylation is 2. The van der Waals surface area contributed by atoms with Crippen molar-refractivity contribution in [1.82, 2.24) is 30.2 Å². The molecule has 2 aliphatic rings. The standard InChI is InChI=1S/C24H39N7O2/c1-3-19-22-23(31-13-6-5-7-14-31)26-20(27-24(22)33-28-19)9-10-21(32)25-11-8-12-30-17-15-29(4-2)16-18-30/h3-18H2,1-2H3,(H,25,32). The molecular weight excluding hydrogens is 418 g/mol. The first kappa shape index (κ1) is 23.9. The Kier molecular flexibility index (Phi) is 8.50. The number of fused-ring (bicyclic) bond motifs is 1. The second-order valence-electron chi connectivity index (χ2n) is 9.15. The van der Waals surface area contributed by atoms with Crippen LogP contribution in [0.3, 0.4) is 0 Å². The number of hydrogen-bond acceptors (Lipinski definition) is 8. The van der Waals surface area contributed by atoms with Gasteiger partial charge in [-0.3, -0.25) is 4.79 Å². The first-order valence-electron chi connectivity index (χ1n) is 12.8. The van der Waals surface area contributed by atoms with Gasteiger partial charge >= 0.3 is 0 Å². The molecule has 4 rings (SSSR count). The molecule has 0 unspecified atom stereocenters. The van der Waals surface area contributed by atoms with Gasteiger partial charge in [0.2, 0.25) is 5.91 Å². The second kappa shape index (κ2) is 11.7. The van der Waals surface area contributed by atoms with Crippen LogP contribution in [0.2, 0.25) is 0 Å². The minimum absolute atomic E-state index is 0.0563. The van der Waals surface area contributed by atoms with Crippen molar-refractivity contribution in [2.24, 2.45) is 0 Å². The van der Waals surface area contributed by atoms with Crippen molar-refractivity contribution < 1.29 is 9.32 Å². The van der Waals surface area contributed by atoms with Gasteiger partial charge in [-0.2, -0.15) is 4.98 Å². The third kappa shape index (κ3) is 6.20. The number of carbonyl (C=O) groups is 1. The number of piperazine rings is 1. The first-order chi connectivity index (χ1) is 16.2. The molecule has 2 aromatic heterocycles. The highest BCUT2D eigenvalue weighted by atomic mass is 16.5. The summed E-state index contributed by atoms with van der Waals surface area (Å²) in [6.07, 6.45) is 6.26. The highest BCUT2D eigenvalue weighted by Crippen LogP contribution is 2.29. The lowest BCUT2D eigenvalue weighted by Gasteiger charge is -2.33. The molecule has 1 N–H and O–H groups in total. The molecule has 4 heterocycles. The summed E-state index contributed by atoms with van der Waals surface area (Å²) >= 11 is 0. The number of anilines is 1.